The van der Waals surface area contributed by atoms with Crippen LogP contribution in [0.25, 0.3) is 0 Å². The molecule has 0 aromatic carbocycles. The number of hydrogen-bond acceptors (Lipinski definition) is 3. The summed E-state index contributed by atoms with van der Waals surface area (Å²) in [4.78, 5) is 14.7. The third kappa shape index (κ3) is 6.04. The second kappa shape index (κ2) is 9.67. The quantitative estimate of drug-likeness (QED) is 0.747. The van der Waals surface area contributed by atoms with Gasteiger partial charge in [0, 0.05) is 17.8 Å². The summed E-state index contributed by atoms with van der Waals surface area (Å²) in [5.41, 5.74) is 0. The van der Waals surface area contributed by atoms with E-state index in [0.717, 1.165) is 32.5 Å². The standard InChI is InChI=1S/C16H32N2OS/c1-5-14(6-2)18(11-13(3)4)16(19)12-20-15-7-9-17-10-8-15/h13-15,17H,5-12H2,1-4H3. The highest BCUT2D eigenvalue weighted by molar-refractivity contribution is 8.00. The lowest BCUT2D eigenvalue weighted by atomic mass is 10.1. The highest BCUT2D eigenvalue weighted by Crippen LogP contribution is 2.22. The molecule has 0 unspecified atom stereocenters. The van der Waals surface area contributed by atoms with E-state index in [-0.39, 0.29) is 0 Å². The number of amides is 1. The van der Waals surface area contributed by atoms with Crippen LogP contribution in [-0.2, 0) is 4.79 Å². The van der Waals surface area contributed by atoms with Crippen molar-refractivity contribution in [1.29, 1.82) is 0 Å². The van der Waals surface area contributed by atoms with E-state index in [0.29, 0.717) is 28.9 Å². The molecule has 3 nitrogen and oxygen atoms in total. The minimum atomic E-state index is 0.343. The van der Waals surface area contributed by atoms with Gasteiger partial charge < -0.3 is 10.2 Å². The first-order valence-corrected chi connectivity index (χ1v) is 9.25. The summed E-state index contributed by atoms with van der Waals surface area (Å²) in [6.07, 6.45) is 4.53. The van der Waals surface area contributed by atoms with E-state index in [1.54, 1.807) is 0 Å². The molecule has 0 atom stereocenters. The molecule has 1 aliphatic rings. The molecule has 4 heteroatoms. The van der Waals surface area contributed by atoms with E-state index in [4.69, 9.17) is 0 Å². The smallest absolute Gasteiger partial charge is 0.232 e. The van der Waals surface area contributed by atoms with Crippen molar-refractivity contribution in [2.45, 2.75) is 64.7 Å². The van der Waals surface area contributed by atoms with Crippen LogP contribution in [0.3, 0.4) is 0 Å². The van der Waals surface area contributed by atoms with Crippen LogP contribution in [-0.4, -0.2) is 47.5 Å². The highest BCUT2D eigenvalue weighted by Gasteiger charge is 2.23. The Labute approximate surface area is 129 Å². The molecule has 0 bridgehead atoms. The fraction of sp³-hybridized carbons (Fsp3) is 0.938. The van der Waals surface area contributed by atoms with Gasteiger partial charge in [-0.15, -0.1) is 11.8 Å². The average molecular weight is 301 g/mol. The van der Waals surface area contributed by atoms with Crippen LogP contribution in [0.15, 0.2) is 0 Å². The van der Waals surface area contributed by atoms with Gasteiger partial charge >= 0.3 is 0 Å². The first-order valence-electron chi connectivity index (χ1n) is 8.20. The van der Waals surface area contributed by atoms with Gasteiger partial charge in [-0.1, -0.05) is 27.7 Å². The molecule has 1 heterocycles. The number of nitrogens with one attached hydrogen (secondary N) is 1. The van der Waals surface area contributed by atoms with E-state index in [1.807, 2.05) is 11.8 Å². The zero-order chi connectivity index (χ0) is 15.0. The van der Waals surface area contributed by atoms with Crippen molar-refractivity contribution in [3.8, 4) is 0 Å². The second-order valence-corrected chi connectivity index (χ2v) is 7.46. The van der Waals surface area contributed by atoms with Crippen LogP contribution in [0.1, 0.15) is 53.4 Å². The highest BCUT2D eigenvalue weighted by atomic mass is 32.2. The molecule has 0 spiro atoms. The predicted molar refractivity (Wildman–Crippen MR) is 89.3 cm³/mol. The van der Waals surface area contributed by atoms with Crippen molar-refractivity contribution >= 4 is 17.7 Å². The first kappa shape index (κ1) is 17.8. The molecule has 1 saturated heterocycles. The maximum Gasteiger partial charge on any atom is 0.232 e. The molecule has 0 aliphatic carbocycles. The molecule has 0 aromatic rings. The number of carbonyl (C=O) groups excluding carboxylic acids is 1. The molecular weight excluding hydrogens is 268 g/mol. The van der Waals surface area contributed by atoms with Gasteiger partial charge in [0.1, 0.15) is 0 Å². The van der Waals surface area contributed by atoms with Crippen LogP contribution in [0, 0.1) is 5.92 Å². The van der Waals surface area contributed by atoms with Crippen LogP contribution in [0.4, 0.5) is 0 Å². The van der Waals surface area contributed by atoms with Crippen LogP contribution < -0.4 is 5.32 Å². The van der Waals surface area contributed by atoms with Crippen molar-refractivity contribution in [2.75, 3.05) is 25.4 Å². The summed E-state index contributed by atoms with van der Waals surface area (Å²) in [6, 6.07) is 0.415. The Hall–Kier alpha value is -0.220. The Balaban J connectivity index is 2.48. The molecule has 0 saturated carbocycles. The summed E-state index contributed by atoms with van der Waals surface area (Å²) >= 11 is 1.87. The van der Waals surface area contributed by atoms with E-state index < -0.39 is 0 Å². The topological polar surface area (TPSA) is 32.3 Å². The van der Waals surface area contributed by atoms with Crippen molar-refractivity contribution < 1.29 is 4.79 Å². The summed E-state index contributed by atoms with van der Waals surface area (Å²) in [5.74, 6) is 1.55. The number of nitrogens with zero attached hydrogens (tertiary/aromatic N) is 1. The maximum atomic E-state index is 12.6. The van der Waals surface area contributed by atoms with Gasteiger partial charge in [0.05, 0.1) is 5.75 Å². The van der Waals surface area contributed by atoms with Gasteiger partial charge in [-0.2, -0.15) is 0 Å². The fourth-order valence-corrected chi connectivity index (χ4v) is 3.92. The maximum absolute atomic E-state index is 12.6. The van der Waals surface area contributed by atoms with E-state index in [9.17, 15) is 4.79 Å². The first-order chi connectivity index (χ1) is 9.58. The minimum Gasteiger partial charge on any atom is -0.339 e. The van der Waals surface area contributed by atoms with E-state index in [2.05, 4.69) is 37.9 Å². The lowest BCUT2D eigenvalue weighted by molar-refractivity contribution is -0.131. The second-order valence-electron chi connectivity index (χ2n) is 6.17. The van der Waals surface area contributed by atoms with Gasteiger partial charge in [-0.05, 0) is 44.7 Å². The summed E-state index contributed by atoms with van der Waals surface area (Å²) in [5, 5.41) is 4.05. The molecule has 0 aromatic heterocycles. The largest absolute Gasteiger partial charge is 0.339 e. The molecule has 118 valence electrons. The van der Waals surface area contributed by atoms with Crippen LogP contribution in [0.2, 0.25) is 0 Å². The Morgan fingerprint density at radius 3 is 2.35 bits per heavy atom. The number of thioether (sulfide) groups is 1. The van der Waals surface area contributed by atoms with Gasteiger partial charge in [0.2, 0.25) is 5.91 Å². The Bertz CT molecular complexity index is 274. The Morgan fingerprint density at radius 2 is 1.85 bits per heavy atom. The van der Waals surface area contributed by atoms with E-state index in [1.165, 1.54) is 12.8 Å². The van der Waals surface area contributed by atoms with Gasteiger partial charge in [-0.25, -0.2) is 0 Å². The minimum absolute atomic E-state index is 0.343. The third-order valence-electron chi connectivity index (χ3n) is 3.99. The molecule has 1 N–H and O–H groups in total. The Kier molecular flexibility index (Phi) is 8.62. The van der Waals surface area contributed by atoms with Crippen LogP contribution in [0.5, 0.6) is 0 Å². The van der Waals surface area contributed by atoms with Gasteiger partial charge in [0.15, 0.2) is 0 Å². The third-order valence-corrected chi connectivity index (χ3v) is 5.35. The SMILES string of the molecule is CCC(CC)N(CC(C)C)C(=O)CSC1CCNCC1. The molecule has 1 amide bonds. The molecule has 0 radical (unpaired) electrons. The molecular formula is C16H32N2OS. The number of rotatable bonds is 8. The molecule has 1 aliphatic heterocycles. The van der Waals surface area contributed by atoms with E-state index >= 15 is 0 Å². The van der Waals surface area contributed by atoms with Crippen molar-refractivity contribution in [1.82, 2.24) is 10.2 Å². The molecule has 1 rings (SSSR count). The predicted octanol–water partition coefficient (Wildman–Crippen LogP) is 3.14. The normalized spacial score (nSPS) is 16.9. The fourth-order valence-electron chi connectivity index (χ4n) is 2.81. The summed E-state index contributed by atoms with van der Waals surface area (Å²) in [7, 11) is 0. The number of piperidine rings is 1. The summed E-state index contributed by atoms with van der Waals surface area (Å²) in [6.45, 7) is 11.9. The summed E-state index contributed by atoms with van der Waals surface area (Å²) < 4.78 is 0. The Morgan fingerprint density at radius 1 is 1.25 bits per heavy atom. The van der Waals surface area contributed by atoms with Crippen molar-refractivity contribution in [3.63, 3.8) is 0 Å². The zero-order valence-electron chi connectivity index (χ0n) is 13.7. The molecule has 1 fully saturated rings. The number of hydrogen-bond donors (Lipinski definition) is 1. The van der Waals surface area contributed by atoms with Crippen LogP contribution >= 0.6 is 11.8 Å². The van der Waals surface area contributed by atoms with Crippen molar-refractivity contribution in [2.24, 2.45) is 5.92 Å². The molecule has 20 heavy (non-hydrogen) atoms. The van der Waals surface area contributed by atoms with Gasteiger partial charge in [-0.3, -0.25) is 4.79 Å². The monoisotopic (exact) mass is 300 g/mol. The average Bonchev–Trinajstić information content (AvgIpc) is 2.45. The zero-order valence-corrected chi connectivity index (χ0v) is 14.5. The lowest BCUT2D eigenvalue weighted by Gasteiger charge is -2.33. The van der Waals surface area contributed by atoms with Gasteiger partial charge in [0.25, 0.3) is 0 Å². The number of carbonyl (C=O) groups is 1. The van der Waals surface area contributed by atoms with Crippen molar-refractivity contribution in [3.05, 3.63) is 0 Å². The lowest BCUT2D eigenvalue weighted by Crippen LogP contribution is -2.43.